The molecular weight excluding hydrogens is 423 g/mol. The van der Waals surface area contributed by atoms with Crippen LogP contribution in [0.5, 0.6) is 5.88 Å². The van der Waals surface area contributed by atoms with Crippen LogP contribution in [0.4, 0.5) is 13.2 Å². The molecule has 168 valence electrons. The first-order valence-corrected chi connectivity index (χ1v) is 10.3. The van der Waals surface area contributed by atoms with Gasteiger partial charge in [0.1, 0.15) is 6.10 Å². The Labute approximate surface area is 182 Å². The number of pyridine rings is 1. The van der Waals surface area contributed by atoms with Crippen molar-refractivity contribution in [3.8, 4) is 5.88 Å². The molecule has 6 nitrogen and oxygen atoms in total. The molecule has 0 saturated heterocycles. The quantitative estimate of drug-likeness (QED) is 0.445. The number of Topliss-reactive ketones (excluding diaryl/α,β-unsaturated/α-hetero) is 1. The van der Waals surface area contributed by atoms with Gasteiger partial charge in [0.25, 0.3) is 11.7 Å². The van der Waals surface area contributed by atoms with Crippen molar-refractivity contribution in [2.45, 2.75) is 50.9 Å². The zero-order chi connectivity index (χ0) is 22.9. The topological polar surface area (TPSA) is 84.1 Å². The van der Waals surface area contributed by atoms with E-state index in [0.717, 1.165) is 17.8 Å². The fraction of sp³-hybridized carbons (Fsp3) is 0.348. The van der Waals surface area contributed by atoms with E-state index in [1.807, 2.05) is 18.2 Å². The average Bonchev–Trinajstić information content (AvgIpc) is 3.10. The number of amides is 1. The van der Waals surface area contributed by atoms with Crippen LogP contribution in [0.2, 0.25) is 0 Å². The van der Waals surface area contributed by atoms with Gasteiger partial charge in [-0.15, -0.1) is 0 Å². The Kier molecular flexibility index (Phi) is 5.90. The van der Waals surface area contributed by atoms with Crippen LogP contribution in [-0.2, 0) is 11.0 Å². The molecule has 2 aromatic heterocycles. The number of rotatable bonds is 5. The molecular formula is C23H22F3N3O3. The number of halogens is 3. The van der Waals surface area contributed by atoms with Gasteiger partial charge in [-0.2, -0.15) is 13.2 Å². The average molecular weight is 445 g/mol. The summed E-state index contributed by atoms with van der Waals surface area (Å²) in [4.78, 5) is 32.2. The van der Waals surface area contributed by atoms with Crippen molar-refractivity contribution in [1.82, 2.24) is 15.3 Å². The van der Waals surface area contributed by atoms with Crippen LogP contribution in [0.1, 0.15) is 47.3 Å². The molecule has 0 radical (unpaired) electrons. The predicted molar refractivity (Wildman–Crippen MR) is 111 cm³/mol. The van der Waals surface area contributed by atoms with Gasteiger partial charge in [0, 0.05) is 34.9 Å². The van der Waals surface area contributed by atoms with Gasteiger partial charge in [0.05, 0.1) is 11.1 Å². The maximum Gasteiger partial charge on any atom is 0.417 e. The summed E-state index contributed by atoms with van der Waals surface area (Å²) in [7, 11) is 0. The summed E-state index contributed by atoms with van der Waals surface area (Å²) in [6, 6.07) is 9.30. The minimum atomic E-state index is -4.44. The Morgan fingerprint density at radius 1 is 1.09 bits per heavy atom. The molecule has 1 saturated carbocycles. The summed E-state index contributed by atoms with van der Waals surface area (Å²) in [6.07, 6.45) is -1.53. The van der Waals surface area contributed by atoms with Crippen LogP contribution < -0.4 is 10.1 Å². The number of aromatic amines is 1. The summed E-state index contributed by atoms with van der Waals surface area (Å²) in [6.45, 7) is 1.76. The van der Waals surface area contributed by atoms with Gasteiger partial charge in [0.15, 0.2) is 0 Å². The number of ketones is 1. The SMILES string of the molecule is Cc1[nH]c2ccccc2c1C(=O)C(=O)NC1CCC(Oc2ccc(C(F)(F)F)cn2)CC1. The molecule has 2 N–H and O–H groups in total. The Bertz CT molecular complexity index is 1130. The zero-order valence-corrected chi connectivity index (χ0v) is 17.3. The van der Waals surface area contributed by atoms with Gasteiger partial charge in [0.2, 0.25) is 5.88 Å². The third kappa shape index (κ3) is 4.61. The molecule has 0 bridgehead atoms. The standard InChI is InChI=1S/C23H22F3N3O3/c1-13-20(17-4-2-3-5-18(17)28-13)21(30)22(31)29-15-7-9-16(10-8-15)32-19-11-6-14(12-27-19)23(24,25)26/h2-6,11-12,15-16,28H,7-10H2,1H3,(H,29,31). The third-order valence-corrected chi connectivity index (χ3v) is 5.69. The maximum atomic E-state index is 12.8. The fourth-order valence-corrected chi connectivity index (χ4v) is 4.05. The number of nitrogens with zero attached hydrogens (tertiary/aromatic N) is 1. The van der Waals surface area contributed by atoms with E-state index in [2.05, 4.69) is 15.3 Å². The van der Waals surface area contributed by atoms with Crippen LogP contribution >= 0.6 is 0 Å². The molecule has 3 aromatic rings. The molecule has 4 rings (SSSR count). The summed E-state index contributed by atoms with van der Waals surface area (Å²) in [5.74, 6) is -1.09. The van der Waals surface area contributed by atoms with Gasteiger partial charge in [-0.05, 0) is 44.7 Å². The molecule has 1 amide bonds. The van der Waals surface area contributed by atoms with E-state index >= 15 is 0 Å². The number of alkyl halides is 3. The second-order valence-electron chi connectivity index (χ2n) is 7.95. The highest BCUT2D eigenvalue weighted by Crippen LogP contribution is 2.30. The number of aromatic nitrogens is 2. The molecule has 2 heterocycles. The lowest BCUT2D eigenvalue weighted by Gasteiger charge is -2.29. The number of hydrogen-bond acceptors (Lipinski definition) is 4. The number of nitrogens with one attached hydrogen (secondary N) is 2. The number of H-pyrrole nitrogens is 1. The van der Waals surface area contributed by atoms with E-state index in [9.17, 15) is 22.8 Å². The second kappa shape index (κ2) is 8.64. The van der Waals surface area contributed by atoms with Crippen molar-refractivity contribution >= 4 is 22.6 Å². The molecule has 0 aliphatic heterocycles. The minimum Gasteiger partial charge on any atom is -0.474 e. The number of para-hydroxylation sites is 1. The Hall–Kier alpha value is -3.36. The molecule has 0 spiro atoms. The van der Waals surface area contributed by atoms with Gasteiger partial charge in [-0.3, -0.25) is 9.59 Å². The Morgan fingerprint density at radius 3 is 2.47 bits per heavy atom. The molecule has 1 aliphatic rings. The van der Waals surface area contributed by atoms with Crippen LogP contribution in [0.3, 0.4) is 0 Å². The third-order valence-electron chi connectivity index (χ3n) is 5.69. The first-order valence-electron chi connectivity index (χ1n) is 10.3. The zero-order valence-electron chi connectivity index (χ0n) is 17.3. The van der Waals surface area contributed by atoms with Crippen molar-refractivity contribution in [3.63, 3.8) is 0 Å². The minimum absolute atomic E-state index is 0.135. The van der Waals surface area contributed by atoms with Crippen LogP contribution in [0.15, 0.2) is 42.6 Å². The molecule has 1 aliphatic carbocycles. The van der Waals surface area contributed by atoms with Gasteiger partial charge in [-0.25, -0.2) is 4.98 Å². The lowest BCUT2D eigenvalue weighted by molar-refractivity contribution is -0.137. The van der Waals surface area contributed by atoms with Gasteiger partial charge >= 0.3 is 6.18 Å². The highest BCUT2D eigenvalue weighted by atomic mass is 19.4. The summed E-state index contributed by atoms with van der Waals surface area (Å²) >= 11 is 0. The number of aryl methyl sites for hydroxylation is 1. The number of fused-ring (bicyclic) bond motifs is 1. The monoisotopic (exact) mass is 445 g/mol. The highest BCUT2D eigenvalue weighted by molar-refractivity contribution is 6.45. The van der Waals surface area contributed by atoms with E-state index in [1.165, 1.54) is 6.07 Å². The summed E-state index contributed by atoms with van der Waals surface area (Å²) in [5.41, 5.74) is 0.998. The van der Waals surface area contributed by atoms with Crippen LogP contribution in [-0.4, -0.2) is 33.8 Å². The number of carbonyl (C=O) groups is 2. The normalized spacial score (nSPS) is 19.0. The number of carbonyl (C=O) groups excluding carboxylic acids is 2. The fourth-order valence-electron chi connectivity index (χ4n) is 4.05. The molecule has 9 heteroatoms. The molecule has 0 unspecified atom stereocenters. The van der Waals surface area contributed by atoms with E-state index in [-0.39, 0.29) is 18.0 Å². The molecule has 0 atom stereocenters. The number of hydrogen-bond donors (Lipinski definition) is 2. The van der Waals surface area contributed by atoms with E-state index < -0.39 is 23.4 Å². The van der Waals surface area contributed by atoms with E-state index in [0.29, 0.717) is 42.3 Å². The largest absolute Gasteiger partial charge is 0.474 e. The molecule has 1 fully saturated rings. The summed E-state index contributed by atoms with van der Waals surface area (Å²) < 4.78 is 43.6. The lowest BCUT2D eigenvalue weighted by atomic mass is 9.92. The smallest absolute Gasteiger partial charge is 0.417 e. The van der Waals surface area contributed by atoms with Crippen molar-refractivity contribution in [2.24, 2.45) is 0 Å². The van der Waals surface area contributed by atoms with Crippen LogP contribution in [0, 0.1) is 6.92 Å². The van der Waals surface area contributed by atoms with Gasteiger partial charge < -0.3 is 15.0 Å². The Balaban J connectivity index is 1.31. The van der Waals surface area contributed by atoms with Crippen LogP contribution in [0.25, 0.3) is 10.9 Å². The van der Waals surface area contributed by atoms with E-state index in [1.54, 1.807) is 13.0 Å². The highest BCUT2D eigenvalue weighted by Gasteiger charge is 2.31. The molecule has 32 heavy (non-hydrogen) atoms. The van der Waals surface area contributed by atoms with E-state index in [4.69, 9.17) is 4.74 Å². The number of benzene rings is 1. The summed E-state index contributed by atoms with van der Waals surface area (Å²) in [5, 5.41) is 3.52. The molecule has 1 aromatic carbocycles. The Morgan fingerprint density at radius 2 is 1.81 bits per heavy atom. The lowest BCUT2D eigenvalue weighted by Crippen LogP contribution is -2.42. The predicted octanol–water partition coefficient (Wildman–Crippen LogP) is 4.58. The van der Waals surface area contributed by atoms with Crippen molar-refractivity contribution in [2.75, 3.05) is 0 Å². The maximum absolute atomic E-state index is 12.8. The first kappa shape index (κ1) is 21.9. The second-order valence-corrected chi connectivity index (χ2v) is 7.95. The first-order chi connectivity index (χ1) is 15.2. The van der Waals surface area contributed by atoms with Crippen molar-refractivity contribution in [3.05, 3.63) is 59.4 Å². The number of ether oxygens (including phenoxy) is 1. The van der Waals surface area contributed by atoms with Crippen molar-refractivity contribution < 1.29 is 27.5 Å². The van der Waals surface area contributed by atoms with Gasteiger partial charge in [-0.1, -0.05) is 18.2 Å². The van der Waals surface area contributed by atoms with Crippen molar-refractivity contribution in [1.29, 1.82) is 0 Å².